The Kier molecular flexibility index (Phi) is 4.08. The van der Waals surface area contributed by atoms with Crippen LogP contribution < -0.4 is 5.32 Å². The molecular weight excluding hydrogens is 378 g/mol. The maximum Gasteiger partial charge on any atom is 0.289 e. The van der Waals surface area contributed by atoms with E-state index in [2.05, 4.69) is 5.32 Å². The minimum absolute atomic E-state index is 0.00495. The fraction of sp³-hybridized carbons (Fsp3) is 0.176. The third-order valence-electron chi connectivity index (χ3n) is 4.41. The Hall–Kier alpha value is -2.58. The third kappa shape index (κ3) is 2.62. The van der Waals surface area contributed by atoms with Gasteiger partial charge in [-0.15, -0.1) is 11.8 Å². The Bertz CT molecular complexity index is 951. The first-order valence-corrected chi connectivity index (χ1v) is 9.18. The Morgan fingerprint density at radius 1 is 1.31 bits per heavy atom. The number of carbonyl (C=O) groups is 2. The molecule has 0 radical (unpaired) electrons. The van der Waals surface area contributed by atoms with Gasteiger partial charge in [-0.25, -0.2) is 0 Å². The number of anilines is 1. The Morgan fingerprint density at radius 2 is 2.08 bits per heavy atom. The van der Waals surface area contributed by atoms with Crippen LogP contribution in [0.2, 0.25) is 5.02 Å². The van der Waals surface area contributed by atoms with Gasteiger partial charge in [-0.2, -0.15) is 0 Å². The highest BCUT2D eigenvalue weighted by Gasteiger charge is 2.48. The molecule has 1 fully saturated rings. The van der Waals surface area contributed by atoms with Gasteiger partial charge in [0.25, 0.3) is 11.6 Å². The second-order valence-corrected chi connectivity index (χ2v) is 7.43. The van der Waals surface area contributed by atoms with Crippen LogP contribution in [0.25, 0.3) is 0 Å². The lowest BCUT2D eigenvalue weighted by atomic mass is 10.1. The molecule has 2 aliphatic heterocycles. The predicted octanol–water partition coefficient (Wildman–Crippen LogP) is 3.46. The zero-order valence-electron chi connectivity index (χ0n) is 13.2. The van der Waals surface area contributed by atoms with E-state index in [1.807, 2.05) is 12.1 Å². The Balaban J connectivity index is 1.57. The third-order valence-corrected chi connectivity index (χ3v) is 6.03. The largest absolute Gasteiger partial charge is 0.324 e. The summed E-state index contributed by atoms with van der Waals surface area (Å²) in [4.78, 5) is 37.3. The molecule has 4 rings (SSSR count). The zero-order valence-corrected chi connectivity index (χ0v) is 14.8. The lowest BCUT2D eigenvalue weighted by Gasteiger charge is -2.22. The van der Waals surface area contributed by atoms with Crippen LogP contribution in [0, 0.1) is 10.1 Å². The highest BCUT2D eigenvalue weighted by molar-refractivity contribution is 7.99. The number of amides is 2. The highest BCUT2D eigenvalue weighted by Crippen LogP contribution is 2.48. The van der Waals surface area contributed by atoms with Crippen molar-refractivity contribution in [1.29, 1.82) is 0 Å². The molecule has 2 aliphatic rings. The second kappa shape index (κ2) is 6.30. The number of rotatable bonds is 3. The van der Waals surface area contributed by atoms with Crippen LogP contribution in [0.15, 0.2) is 42.5 Å². The van der Waals surface area contributed by atoms with Gasteiger partial charge in [0.15, 0.2) is 0 Å². The molecule has 2 aromatic rings. The molecule has 0 aromatic heterocycles. The molecule has 2 aromatic carbocycles. The molecule has 132 valence electrons. The first-order valence-electron chi connectivity index (χ1n) is 7.75. The second-order valence-electron chi connectivity index (χ2n) is 5.91. The summed E-state index contributed by atoms with van der Waals surface area (Å²) in [6.45, 7) is 0. The minimum Gasteiger partial charge on any atom is -0.324 e. The maximum atomic E-state index is 12.7. The summed E-state index contributed by atoms with van der Waals surface area (Å²) in [6, 6.07) is 10.7. The van der Waals surface area contributed by atoms with E-state index >= 15 is 0 Å². The van der Waals surface area contributed by atoms with Gasteiger partial charge in [0.05, 0.1) is 4.92 Å². The van der Waals surface area contributed by atoms with E-state index in [4.69, 9.17) is 11.6 Å². The average Bonchev–Trinajstić information content (AvgIpc) is 3.17. The van der Waals surface area contributed by atoms with Gasteiger partial charge in [0, 0.05) is 23.1 Å². The number of nitro benzene ring substituents is 1. The number of carbonyl (C=O) groups excluding carboxylic acids is 2. The van der Waals surface area contributed by atoms with E-state index < -0.39 is 11.0 Å². The molecule has 1 N–H and O–H groups in total. The quantitative estimate of drug-likeness (QED) is 0.641. The molecule has 9 heteroatoms. The predicted molar refractivity (Wildman–Crippen MR) is 98.3 cm³/mol. The van der Waals surface area contributed by atoms with Crippen LogP contribution in [0.1, 0.15) is 21.3 Å². The maximum absolute atomic E-state index is 12.7. The van der Waals surface area contributed by atoms with Crippen LogP contribution in [-0.4, -0.2) is 33.4 Å². The molecule has 0 bridgehead atoms. The summed E-state index contributed by atoms with van der Waals surface area (Å²) >= 11 is 7.32. The topological polar surface area (TPSA) is 92.5 Å². The van der Waals surface area contributed by atoms with Gasteiger partial charge in [0.1, 0.15) is 16.4 Å². The van der Waals surface area contributed by atoms with E-state index in [9.17, 15) is 19.7 Å². The first-order chi connectivity index (χ1) is 12.5. The van der Waals surface area contributed by atoms with Gasteiger partial charge >= 0.3 is 0 Å². The lowest BCUT2D eigenvalue weighted by Crippen LogP contribution is -2.42. The molecule has 2 atom stereocenters. The van der Waals surface area contributed by atoms with E-state index in [1.165, 1.54) is 30.0 Å². The van der Waals surface area contributed by atoms with Gasteiger partial charge in [-0.1, -0.05) is 29.8 Å². The number of nitro groups is 1. The van der Waals surface area contributed by atoms with E-state index in [0.717, 1.165) is 5.56 Å². The smallest absolute Gasteiger partial charge is 0.289 e. The average molecular weight is 390 g/mol. The molecule has 2 amide bonds. The van der Waals surface area contributed by atoms with E-state index in [0.29, 0.717) is 11.3 Å². The first kappa shape index (κ1) is 16.9. The monoisotopic (exact) mass is 389 g/mol. The highest BCUT2D eigenvalue weighted by atomic mass is 35.5. The van der Waals surface area contributed by atoms with Crippen molar-refractivity contribution in [3.8, 4) is 0 Å². The summed E-state index contributed by atoms with van der Waals surface area (Å²) in [5, 5.41) is 13.5. The number of fused-ring (bicyclic) bond motifs is 3. The van der Waals surface area contributed by atoms with Gasteiger partial charge in [-0.3, -0.25) is 19.7 Å². The number of nitrogens with zero attached hydrogens (tertiary/aromatic N) is 2. The molecule has 0 aliphatic carbocycles. The fourth-order valence-corrected chi connectivity index (χ4v) is 4.85. The van der Waals surface area contributed by atoms with Crippen LogP contribution in [0.5, 0.6) is 0 Å². The van der Waals surface area contributed by atoms with Crippen LogP contribution in [-0.2, 0) is 4.79 Å². The summed E-state index contributed by atoms with van der Waals surface area (Å²) in [5.74, 6) is -0.0812. The standard InChI is InChI=1S/C17H12ClN3O4S/c18-12-6-5-9(7-13(12)21(24)25)19-15(22)14-8-26-17-11-4-2-1-3-10(11)16(23)20(14)17/h1-7,14,17H,8H2,(H,19,22). The minimum atomic E-state index is -0.639. The van der Waals surface area contributed by atoms with Crippen molar-refractivity contribution in [1.82, 2.24) is 4.90 Å². The van der Waals surface area contributed by atoms with Gasteiger partial charge < -0.3 is 10.2 Å². The summed E-state index contributed by atoms with van der Waals surface area (Å²) in [6.07, 6.45) is 0. The van der Waals surface area contributed by atoms with Crippen molar-refractivity contribution < 1.29 is 14.5 Å². The lowest BCUT2D eigenvalue weighted by molar-refractivity contribution is -0.384. The van der Waals surface area contributed by atoms with Crippen molar-refractivity contribution in [3.63, 3.8) is 0 Å². The molecule has 26 heavy (non-hydrogen) atoms. The molecule has 2 unspecified atom stereocenters. The fourth-order valence-electron chi connectivity index (χ4n) is 3.20. The van der Waals surface area contributed by atoms with Crippen LogP contribution in [0.3, 0.4) is 0 Å². The van der Waals surface area contributed by atoms with Crippen molar-refractivity contribution in [2.24, 2.45) is 0 Å². The van der Waals surface area contributed by atoms with Crippen molar-refractivity contribution in [3.05, 3.63) is 68.7 Å². The summed E-state index contributed by atoms with van der Waals surface area (Å²) < 4.78 is 0. The number of nitrogens with one attached hydrogen (secondary N) is 1. The van der Waals surface area contributed by atoms with Crippen LogP contribution in [0.4, 0.5) is 11.4 Å². The SMILES string of the molecule is O=C(Nc1ccc(Cl)c([N+](=O)[O-])c1)C1CSC2c3ccccc3C(=O)N12. The normalized spacial score (nSPS) is 20.7. The van der Waals surface area contributed by atoms with Crippen molar-refractivity contribution in [2.75, 3.05) is 11.1 Å². The van der Waals surface area contributed by atoms with Gasteiger partial charge in [0.2, 0.25) is 5.91 Å². The molecule has 1 saturated heterocycles. The summed E-state index contributed by atoms with van der Waals surface area (Å²) in [5.41, 5.74) is 1.51. The molecule has 7 nitrogen and oxygen atoms in total. The van der Waals surface area contributed by atoms with E-state index in [1.54, 1.807) is 17.0 Å². The van der Waals surface area contributed by atoms with Gasteiger partial charge in [-0.05, 0) is 23.8 Å². The molecular formula is C17H12ClN3O4S. The molecule has 0 saturated carbocycles. The van der Waals surface area contributed by atoms with Crippen molar-refractivity contribution in [2.45, 2.75) is 11.4 Å². The number of thioether (sulfide) groups is 1. The zero-order chi connectivity index (χ0) is 18.4. The number of halogens is 1. The molecule has 0 spiro atoms. The summed E-state index contributed by atoms with van der Waals surface area (Å²) in [7, 11) is 0. The number of benzene rings is 2. The van der Waals surface area contributed by atoms with E-state index in [-0.39, 0.29) is 33.6 Å². The Labute approximate surface area is 157 Å². The molecule has 2 heterocycles. The van der Waals surface area contributed by atoms with Crippen molar-refractivity contribution >= 4 is 46.6 Å². The Morgan fingerprint density at radius 3 is 2.85 bits per heavy atom. The van der Waals surface area contributed by atoms with Crippen LogP contribution >= 0.6 is 23.4 Å². The number of hydrogen-bond donors (Lipinski definition) is 1. The number of hydrogen-bond acceptors (Lipinski definition) is 5.